The average molecular weight is 502 g/mol. The third-order valence-corrected chi connectivity index (χ3v) is 6.91. The van der Waals surface area contributed by atoms with Crippen LogP contribution in [0.15, 0.2) is 51.6 Å². The third-order valence-electron chi connectivity index (χ3n) is 5.94. The van der Waals surface area contributed by atoms with E-state index < -0.39 is 11.9 Å². The highest BCUT2D eigenvalue weighted by atomic mass is 32.2. The summed E-state index contributed by atoms with van der Waals surface area (Å²) < 4.78 is 0. The molecular formula is C29H47N3O2S. The van der Waals surface area contributed by atoms with E-state index in [-0.39, 0.29) is 12.2 Å². The molecule has 1 unspecified atom stereocenters. The van der Waals surface area contributed by atoms with Crippen LogP contribution >= 0.6 is 11.8 Å². The van der Waals surface area contributed by atoms with Gasteiger partial charge in [0.05, 0.1) is 18.3 Å². The van der Waals surface area contributed by atoms with Gasteiger partial charge in [0.1, 0.15) is 0 Å². The Hall–Kier alpha value is -2.08. The largest absolute Gasteiger partial charge is 0.369 e. The molecule has 1 aliphatic heterocycles. The minimum Gasteiger partial charge on any atom is -0.369 e. The van der Waals surface area contributed by atoms with Crippen molar-refractivity contribution >= 4 is 29.3 Å². The first-order valence-corrected chi connectivity index (χ1v) is 14.1. The van der Waals surface area contributed by atoms with Gasteiger partial charge in [0, 0.05) is 24.5 Å². The van der Waals surface area contributed by atoms with Gasteiger partial charge in [-0.15, -0.1) is 0 Å². The van der Waals surface area contributed by atoms with Crippen LogP contribution in [0.1, 0.15) is 92.4 Å². The van der Waals surface area contributed by atoms with Gasteiger partial charge in [-0.2, -0.15) is 11.8 Å². The summed E-state index contributed by atoms with van der Waals surface area (Å²) in [6.07, 6.45) is 17.6. The zero-order valence-electron chi connectivity index (χ0n) is 22.6. The molecule has 0 bridgehead atoms. The summed E-state index contributed by atoms with van der Waals surface area (Å²) in [5.74, 6) is 1.59. The number of rotatable bonds is 17. The molecule has 196 valence electrons. The van der Waals surface area contributed by atoms with Crippen LogP contribution in [0.3, 0.4) is 0 Å². The maximum atomic E-state index is 12.4. The van der Waals surface area contributed by atoms with Crippen LogP contribution in [-0.4, -0.2) is 41.6 Å². The Bertz CT molecular complexity index is 833. The second-order valence-corrected chi connectivity index (χ2v) is 10.9. The minimum atomic E-state index is -0.579. The highest BCUT2D eigenvalue weighted by Gasteiger charge is 2.22. The number of carbonyl (C=O) groups is 2. The van der Waals surface area contributed by atoms with Crippen molar-refractivity contribution in [3.63, 3.8) is 0 Å². The number of Topliss-reactive ketones (excluding diaryl/α,β-unsaturated/α-hetero) is 1. The lowest BCUT2D eigenvalue weighted by Crippen LogP contribution is -2.43. The Balaban J connectivity index is 2.34. The van der Waals surface area contributed by atoms with Gasteiger partial charge in [-0.1, -0.05) is 46.6 Å². The van der Waals surface area contributed by atoms with Crippen LogP contribution in [-0.2, 0) is 9.59 Å². The molecular weight excluding hydrogens is 454 g/mol. The van der Waals surface area contributed by atoms with Crippen molar-refractivity contribution in [1.82, 2.24) is 5.32 Å². The Morgan fingerprint density at radius 2 is 1.51 bits per heavy atom. The third kappa shape index (κ3) is 16.3. The molecule has 0 aliphatic carbocycles. The van der Waals surface area contributed by atoms with Crippen LogP contribution in [0, 0.1) is 0 Å². The second-order valence-electron chi connectivity index (χ2n) is 9.82. The van der Waals surface area contributed by atoms with E-state index in [1.54, 1.807) is 11.8 Å². The van der Waals surface area contributed by atoms with Crippen LogP contribution in [0.25, 0.3) is 0 Å². The molecule has 6 heteroatoms. The van der Waals surface area contributed by atoms with Crippen LogP contribution in [0.5, 0.6) is 0 Å². The van der Waals surface area contributed by atoms with Gasteiger partial charge < -0.3 is 11.1 Å². The van der Waals surface area contributed by atoms with Crippen LogP contribution in [0.4, 0.5) is 0 Å². The van der Waals surface area contributed by atoms with Gasteiger partial charge in [0.15, 0.2) is 5.78 Å². The smallest absolute Gasteiger partial charge is 0.224 e. The molecule has 1 heterocycles. The lowest BCUT2D eigenvalue weighted by molar-refractivity contribution is -0.127. The lowest BCUT2D eigenvalue weighted by Gasteiger charge is -2.17. The van der Waals surface area contributed by atoms with Crippen molar-refractivity contribution in [1.29, 1.82) is 0 Å². The lowest BCUT2D eigenvalue weighted by atomic mass is 10.0. The SMILES string of the molecule is CC(C)=CCCC(C)=CCCC(C)=CCCC(C)=CCSCC(NC1=NCCC1)C(=O)CC(N)=O. The molecule has 0 spiro atoms. The summed E-state index contributed by atoms with van der Waals surface area (Å²) in [6, 6.07) is -0.409. The van der Waals surface area contributed by atoms with E-state index in [2.05, 4.69) is 69.2 Å². The van der Waals surface area contributed by atoms with E-state index in [0.29, 0.717) is 5.75 Å². The molecule has 35 heavy (non-hydrogen) atoms. The van der Waals surface area contributed by atoms with E-state index in [1.807, 2.05) is 0 Å². The number of primary amides is 1. The molecule has 3 N–H and O–H groups in total. The number of nitrogens with one attached hydrogen (secondary N) is 1. The summed E-state index contributed by atoms with van der Waals surface area (Å²) in [4.78, 5) is 28.0. The molecule has 0 aromatic heterocycles. The topological polar surface area (TPSA) is 84.6 Å². The highest BCUT2D eigenvalue weighted by Crippen LogP contribution is 2.15. The number of amides is 1. The zero-order chi connectivity index (χ0) is 26.1. The quantitative estimate of drug-likeness (QED) is 0.136. The number of hydrogen-bond acceptors (Lipinski definition) is 5. The number of ketones is 1. The van der Waals surface area contributed by atoms with Crippen LogP contribution < -0.4 is 11.1 Å². The number of thioether (sulfide) groups is 1. The normalized spacial score (nSPS) is 15.6. The molecule has 0 saturated heterocycles. The summed E-state index contributed by atoms with van der Waals surface area (Å²) in [5.41, 5.74) is 10.9. The van der Waals surface area contributed by atoms with Crippen molar-refractivity contribution in [2.75, 3.05) is 18.1 Å². The molecule has 1 atom stereocenters. The Kier molecular flexibility index (Phi) is 16.1. The van der Waals surface area contributed by atoms with Crippen LogP contribution in [0.2, 0.25) is 0 Å². The number of amidine groups is 1. The number of aliphatic imine (C=N–C) groups is 1. The zero-order valence-corrected chi connectivity index (χ0v) is 23.4. The number of hydrogen-bond donors (Lipinski definition) is 2. The Morgan fingerprint density at radius 3 is 2.03 bits per heavy atom. The first-order valence-electron chi connectivity index (χ1n) is 13.0. The fraction of sp³-hybridized carbons (Fsp3) is 0.621. The van der Waals surface area contributed by atoms with Crippen molar-refractivity contribution in [2.24, 2.45) is 10.7 Å². The second kappa shape index (κ2) is 18.2. The number of carbonyl (C=O) groups excluding carboxylic acids is 2. The van der Waals surface area contributed by atoms with Crippen molar-refractivity contribution in [3.8, 4) is 0 Å². The molecule has 1 rings (SSSR count). The predicted molar refractivity (Wildman–Crippen MR) is 153 cm³/mol. The molecule has 1 aliphatic rings. The summed E-state index contributed by atoms with van der Waals surface area (Å²) in [6.45, 7) is 11.7. The molecule has 0 radical (unpaired) electrons. The highest BCUT2D eigenvalue weighted by molar-refractivity contribution is 7.99. The molecule has 1 amide bonds. The summed E-state index contributed by atoms with van der Waals surface area (Å²) in [5, 5.41) is 3.23. The first-order chi connectivity index (χ1) is 16.7. The van der Waals surface area contributed by atoms with Gasteiger partial charge in [-0.05, 0) is 79.6 Å². The van der Waals surface area contributed by atoms with E-state index in [1.165, 1.54) is 22.3 Å². The molecule has 0 aromatic rings. The van der Waals surface area contributed by atoms with Crippen molar-refractivity contribution < 1.29 is 9.59 Å². The van der Waals surface area contributed by atoms with Gasteiger partial charge >= 0.3 is 0 Å². The standard InChI is InChI=1S/C29H47N3O2S/c1-22(2)10-6-11-23(3)12-7-13-24(4)14-8-15-25(5)17-19-35-21-26(27(33)20-28(30)34)32-29-16-9-18-31-29/h10,12,14,17,26H,6-9,11,13,15-16,18-21H2,1-5H3,(H2,30,34)(H,31,32). The maximum absolute atomic E-state index is 12.4. The number of allylic oxidation sites excluding steroid dienone is 7. The minimum absolute atomic E-state index is 0.154. The number of nitrogens with zero attached hydrogens (tertiary/aromatic N) is 1. The van der Waals surface area contributed by atoms with E-state index in [0.717, 1.165) is 69.5 Å². The van der Waals surface area contributed by atoms with E-state index in [4.69, 9.17) is 5.73 Å². The molecule has 0 saturated carbocycles. The molecule has 0 fully saturated rings. The summed E-state index contributed by atoms with van der Waals surface area (Å²) in [7, 11) is 0. The molecule has 0 aromatic carbocycles. The van der Waals surface area contributed by atoms with E-state index >= 15 is 0 Å². The van der Waals surface area contributed by atoms with Gasteiger partial charge in [-0.25, -0.2) is 0 Å². The maximum Gasteiger partial charge on any atom is 0.224 e. The van der Waals surface area contributed by atoms with E-state index in [9.17, 15) is 9.59 Å². The fourth-order valence-electron chi connectivity index (χ4n) is 3.74. The predicted octanol–water partition coefficient (Wildman–Crippen LogP) is 6.46. The Labute approximate surface area is 217 Å². The fourth-order valence-corrected chi connectivity index (χ4v) is 4.79. The van der Waals surface area contributed by atoms with Gasteiger partial charge in [0.25, 0.3) is 0 Å². The van der Waals surface area contributed by atoms with Gasteiger partial charge in [-0.3, -0.25) is 14.6 Å². The van der Waals surface area contributed by atoms with Gasteiger partial charge in [0.2, 0.25) is 5.91 Å². The average Bonchev–Trinajstić information content (AvgIpc) is 3.28. The van der Waals surface area contributed by atoms with Crippen molar-refractivity contribution in [2.45, 2.75) is 98.4 Å². The number of nitrogens with two attached hydrogens (primary N) is 1. The Morgan fingerprint density at radius 1 is 0.943 bits per heavy atom. The summed E-state index contributed by atoms with van der Waals surface area (Å²) >= 11 is 1.70. The monoisotopic (exact) mass is 501 g/mol. The molecule has 5 nitrogen and oxygen atoms in total. The first kappa shape index (κ1) is 31.0. The van der Waals surface area contributed by atoms with Crippen molar-refractivity contribution in [3.05, 3.63) is 46.6 Å².